The number of aryl methyl sites for hydroxylation is 1. The normalized spacial score (nSPS) is 16.6. The molecule has 0 spiro atoms. The summed E-state index contributed by atoms with van der Waals surface area (Å²) in [7, 11) is 1.53. The molecule has 2 aromatic rings. The maximum absolute atomic E-state index is 12.8. The van der Waals surface area contributed by atoms with Crippen molar-refractivity contribution < 1.29 is 9.90 Å². The third-order valence-electron chi connectivity index (χ3n) is 4.38. The Bertz CT molecular complexity index is 937. The number of aliphatic hydroxyl groups excluding tert-OH is 1. The van der Waals surface area contributed by atoms with Gasteiger partial charge in [-0.2, -0.15) is 0 Å². The summed E-state index contributed by atoms with van der Waals surface area (Å²) < 4.78 is 2.29. The summed E-state index contributed by atoms with van der Waals surface area (Å²) in [4.78, 5) is 41.6. The molecule has 122 valence electrons. The van der Waals surface area contributed by atoms with Crippen LogP contribution >= 0.6 is 0 Å². The topological polar surface area (TPSA) is 94.2 Å². The molecule has 0 aromatic carbocycles. The zero-order chi connectivity index (χ0) is 16.9. The van der Waals surface area contributed by atoms with Gasteiger partial charge in [0, 0.05) is 25.2 Å². The van der Waals surface area contributed by atoms with Gasteiger partial charge in [-0.1, -0.05) is 13.8 Å². The van der Waals surface area contributed by atoms with Gasteiger partial charge in [0.05, 0.1) is 18.5 Å². The Kier molecular flexibility index (Phi) is 3.48. The molecule has 0 amide bonds. The molecule has 0 aliphatic heterocycles. The number of ketones is 1. The Morgan fingerprint density at radius 3 is 2.61 bits per heavy atom. The van der Waals surface area contributed by atoms with Gasteiger partial charge in [0.1, 0.15) is 5.65 Å². The lowest BCUT2D eigenvalue weighted by Gasteiger charge is -2.30. The van der Waals surface area contributed by atoms with E-state index in [2.05, 4.69) is 4.98 Å². The maximum atomic E-state index is 12.8. The molecule has 0 fully saturated rings. The second-order valence-electron chi connectivity index (χ2n) is 6.81. The Morgan fingerprint density at radius 1 is 1.26 bits per heavy atom. The van der Waals surface area contributed by atoms with Crippen LogP contribution in [0, 0.1) is 5.41 Å². The fourth-order valence-electron chi connectivity index (χ4n) is 3.30. The molecule has 2 aromatic heterocycles. The molecule has 2 heterocycles. The summed E-state index contributed by atoms with van der Waals surface area (Å²) in [6.07, 6.45) is 2.44. The van der Waals surface area contributed by atoms with E-state index in [9.17, 15) is 14.4 Å². The molecule has 0 radical (unpaired) electrons. The summed E-state index contributed by atoms with van der Waals surface area (Å²) in [6.45, 7) is 3.57. The first-order chi connectivity index (χ1) is 10.8. The van der Waals surface area contributed by atoms with E-state index in [1.807, 2.05) is 13.8 Å². The molecular formula is C16H19N3O4. The van der Waals surface area contributed by atoms with Crippen molar-refractivity contribution in [1.29, 1.82) is 0 Å². The number of rotatable bonds is 2. The Balaban J connectivity index is 2.47. The predicted molar refractivity (Wildman–Crippen MR) is 84.8 cm³/mol. The monoisotopic (exact) mass is 317 g/mol. The number of hydrogen-bond donors (Lipinski definition) is 1. The molecule has 7 nitrogen and oxygen atoms in total. The van der Waals surface area contributed by atoms with Crippen molar-refractivity contribution in [3.63, 3.8) is 0 Å². The SMILES string of the molecule is Cn1c(=O)n(CCO)c(=O)c2c3c(cnc21)C(=O)CC(C)(C)C3. The van der Waals surface area contributed by atoms with Crippen molar-refractivity contribution in [2.45, 2.75) is 33.2 Å². The average Bonchev–Trinajstić information content (AvgIpc) is 2.47. The quantitative estimate of drug-likeness (QED) is 0.856. The van der Waals surface area contributed by atoms with Crippen LogP contribution in [0.3, 0.4) is 0 Å². The summed E-state index contributed by atoms with van der Waals surface area (Å²) in [5, 5.41) is 9.42. The number of aromatic nitrogens is 3. The van der Waals surface area contributed by atoms with Crippen LogP contribution in [-0.2, 0) is 20.0 Å². The number of carbonyl (C=O) groups excluding carboxylic acids is 1. The molecule has 0 saturated carbocycles. The van der Waals surface area contributed by atoms with Gasteiger partial charge in [0.2, 0.25) is 0 Å². The molecule has 0 atom stereocenters. The van der Waals surface area contributed by atoms with Crippen LogP contribution in [0.5, 0.6) is 0 Å². The minimum Gasteiger partial charge on any atom is -0.395 e. The van der Waals surface area contributed by atoms with E-state index >= 15 is 0 Å². The van der Waals surface area contributed by atoms with E-state index in [1.54, 1.807) is 0 Å². The fraction of sp³-hybridized carbons (Fsp3) is 0.500. The third kappa shape index (κ3) is 2.31. The third-order valence-corrected chi connectivity index (χ3v) is 4.38. The van der Waals surface area contributed by atoms with Crippen molar-refractivity contribution in [3.05, 3.63) is 38.2 Å². The van der Waals surface area contributed by atoms with E-state index in [4.69, 9.17) is 5.11 Å². The first kappa shape index (κ1) is 15.6. The lowest BCUT2D eigenvalue weighted by atomic mass is 9.73. The molecule has 23 heavy (non-hydrogen) atoms. The first-order valence-corrected chi connectivity index (χ1v) is 7.52. The van der Waals surface area contributed by atoms with Crippen molar-refractivity contribution >= 4 is 16.8 Å². The lowest BCUT2D eigenvalue weighted by molar-refractivity contribution is 0.0912. The number of nitrogens with zero attached hydrogens (tertiary/aromatic N) is 3. The number of fused-ring (bicyclic) bond motifs is 3. The van der Waals surface area contributed by atoms with E-state index in [1.165, 1.54) is 17.8 Å². The van der Waals surface area contributed by atoms with Crippen LogP contribution in [0.25, 0.3) is 11.0 Å². The summed E-state index contributed by atoms with van der Waals surface area (Å²) in [6, 6.07) is 0. The van der Waals surface area contributed by atoms with Crippen LogP contribution in [0.1, 0.15) is 36.2 Å². The highest BCUT2D eigenvalue weighted by molar-refractivity contribution is 6.02. The summed E-state index contributed by atoms with van der Waals surface area (Å²) >= 11 is 0. The van der Waals surface area contributed by atoms with E-state index < -0.39 is 11.2 Å². The average molecular weight is 317 g/mol. The number of carbonyl (C=O) groups is 1. The van der Waals surface area contributed by atoms with Crippen LogP contribution in [-0.4, -0.2) is 31.6 Å². The summed E-state index contributed by atoms with van der Waals surface area (Å²) in [5.41, 5.74) is 0.129. The van der Waals surface area contributed by atoms with E-state index in [-0.39, 0.29) is 30.0 Å². The Hall–Kier alpha value is -2.28. The van der Waals surface area contributed by atoms with Crippen molar-refractivity contribution in [1.82, 2.24) is 14.1 Å². The molecule has 7 heteroatoms. The first-order valence-electron chi connectivity index (χ1n) is 7.52. The van der Waals surface area contributed by atoms with Crippen LogP contribution < -0.4 is 11.2 Å². The van der Waals surface area contributed by atoms with Gasteiger partial charge < -0.3 is 5.11 Å². The highest BCUT2D eigenvalue weighted by Crippen LogP contribution is 2.36. The van der Waals surface area contributed by atoms with Gasteiger partial charge in [0.25, 0.3) is 5.56 Å². The smallest absolute Gasteiger partial charge is 0.332 e. The Morgan fingerprint density at radius 2 is 1.96 bits per heavy atom. The molecule has 0 unspecified atom stereocenters. The minimum atomic E-state index is -0.523. The minimum absolute atomic E-state index is 0.0346. The second-order valence-corrected chi connectivity index (χ2v) is 6.81. The van der Waals surface area contributed by atoms with Crippen LogP contribution in [0.15, 0.2) is 15.8 Å². The van der Waals surface area contributed by atoms with E-state index in [0.717, 1.165) is 4.57 Å². The van der Waals surface area contributed by atoms with Crippen molar-refractivity contribution in [2.24, 2.45) is 12.5 Å². The highest BCUT2D eigenvalue weighted by atomic mass is 16.3. The fourth-order valence-corrected chi connectivity index (χ4v) is 3.30. The standard InChI is InChI=1S/C16H19N3O4/c1-16(2)6-9-10(11(21)7-16)8-17-13-12(9)14(22)19(4-5-20)15(23)18(13)3/h8,20H,4-7H2,1-3H3. The number of aliphatic hydroxyl groups is 1. The van der Waals surface area contributed by atoms with Crippen LogP contribution in [0.4, 0.5) is 0 Å². The Labute approximate surface area is 132 Å². The lowest BCUT2D eigenvalue weighted by Crippen LogP contribution is -2.41. The zero-order valence-corrected chi connectivity index (χ0v) is 13.4. The maximum Gasteiger partial charge on any atom is 0.332 e. The molecular weight excluding hydrogens is 298 g/mol. The second kappa shape index (κ2) is 5.13. The zero-order valence-electron chi connectivity index (χ0n) is 13.4. The van der Waals surface area contributed by atoms with Gasteiger partial charge >= 0.3 is 5.69 Å². The molecule has 1 aliphatic carbocycles. The van der Waals surface area contributed by atoms with Crippen molar-refractivity contribution in [2.75, 3.05) is 6.61 Å². The largest absolute Gasteiger partial charge is 0.395 e. The van der Waals surface area contributed by atoms with Crippen molar-refractivity contribution in [3.8, 4) is 0 Å². The predicted octanol–water partition coefficient (Wildman–Crippen LogP) is 0.243. The molecule has 3 rings (SSSR count). The van der Waals surface area contributed by atoms with E-state index in [0.29, 0.717) is 29.4 Å². The number of hydrogen-bond acceptors (Lipinski definition) is 5. The number of Topliss-reactive ketones (excluding diaryl/α,β-unsaturated/α-hetero) is 1. The summed E-state index contributed by atoms with van der Waals surface area (Å²) in [5.74, 6) is -0.0346. The van der Waals surface area contributed by atoms with Gasteiger partial charge in [0.15, 0.2) is 5.78 Å². The van der Waals surface area contributed by atoms with Crippen LogP contribution in [0.2, 0.25) is 0 Å². The van der Waals surface area contributed by atoms with Gasteiger partial charge in [-0.25, -0.2) is 9.78 Å². The van der Waals surface area contributed by atoms with Gasteiger partial charge in [-0.3, -0.25) is 18.7 Å². The molecule has 1 N–H and O–H groups in total. The molecule has 1 aliphatic rings. The molecule has 0 bridgehead atoms. The highest BCUT2D eigenvalue weighted by Gasteiger charge is 2.33. The van der Waals surface area contributed by atoms with Gasteiger partial charge in [-0.15, -0.1) is 0 Å². The molecule has 0 saturated heterocycles. The number of pyridine rings is 1. The van der Waals surface area contributed by atoms with Gasteiger partial charge in [-0.05, 0) is 17.4 Å².